The largest absolute Gasteiger partial charge is 0.507 e. The SMILES string of the molecule is O=C(O)c1cc(CC2=CC(C(=O)O)C(=O)C(Cc3ccccc3)C2)cc(Cc2ccccc2)c1O. The Morgan fingerprint density at radius 2 is 1.46 bits per heavy atom. The van der Waals surface area contributed by atoms with E-state index in [4.69, 9.17) is 0 Å². The lowest BCUT2D eigenvalue weighted by Gasteiger charge is -2.26. The predicted molar refractivity (Wildman–Crippen MR) is 130 cm³/mol. The van der Waals surface area contributed by atoms with Crippen molar-refractivity contribution >= 4 is 17.7 Å². The van der Waals surface area contributed by atoms with Gasteiger partial charge in [-0.1, -0.05) is 78.4 Å². The van der Waals surface area contributed by atoms with Gasteiger partial charge in [-0.15, -0.1) is 0 Å². The van der Waals surface area contributed by atoms with Gasteiger partial charge >= 0.3 is 11.9 Å². The van der Waals surface area contributed by atoms with Crippen LogP contribution in [-0.4, -0.2) is 33.0 Å². The van der Waals surface area contributed by atoms with Gasteiger partial charge in [-0.3, -0.25) is 9.59 Å². The molecule has 0 aromatic heterocycles. The van der Waals surface area contributed by atoms with Crippen LogP contribution in [0.4, 0.5) is 0 Å². The predicted octanol–water partition coefficient (Wildman–Crippen LogP) is 4.68. The van der Waals surface area contributed by atoms with Gasteiger partial charge < -0.3 is 15.3 Å². The van der Waals surface area contributed by atoms with Gasteiger partial charge in [0.1, 0.15) is 17.2 Å². The summed E-state index contributed by atoms with van der Waals surface area (Å²) < 4.78 is 0. The lowest BCUT2D eigenvalue weighted by Crippen LogP contribution is -2.34. The molecule has 6 heteroatoms. The van der Waals surface area contributed by atoms with Crippen molar-refractivity contribution in [3.63, 3.8) is 0 Å². The van der Waals surface area contributed by atoms with Crippen LogP contribution in [0.15, 0.2) is 84.4 Å². The van der Waals surface area contributed by atoms with Crippen molar-refractivity contribution in [1.29, 1.82) is 0 Å². The monoisotopic (exact) mass is 470 g/mol. The van der Waals surface area contributed by atoms with Crippen LogP contribution in [0.2, 0.25) is 0 Å². The van der Waals surface area contributed by atoms with Crippen LogP contribution in [0, 0.1) is 11.8 Å². The molecule has 4 rings (SSSR count). The maximum atomic E-state index is 12.9. The number of aromatic hydroxyl groups is 1. The number of carboxylic acid groups (broad SMARTS) is 2. The number of aromatic carboxylic acids is 1. The molecule has 0 heterocycles. The molecule has 0 amide bonds. The average molecular weight is 471 g/mol. The topological polar surface area (TPSA) is 112 Å². The second kappa shape index (κ2) is 10.4. The van der Waals surface area contributed by atoms with Gasteiger partial charge in [-0.25, -0.2) is 4.79 Å². The molecule has 1 aliphatic carbocycles. The van der Waals surface area contributed by atoms with E-state index in [0.717, 1.165) is 16.7 Å². The highest BCUT2D eigenvalue weighted by atomic mass is 16.4. The number of ketones is 1. The molecule has 2 atom stereocenters. The fourth-order valence-electron chi connectivity index (χ4n) is 4.69. The standard InChI is InChI=1S/C29H26O6/c30-26-22(12-18-7-3-1-4-8-18)14-20(16-24(26)28(32)33)11-21-15-23(13-19-9-5-2-6-10-19)27(31)25(17-21)29(34)35/h1-10,14,16-17,23,25,30H,11-13,15H2,(H,32,33)(H,34,35). The molecule has 178 valence electrons. The van der Waals surface area contributed by atoms with E-state index in [1.54, 1.807) is 6.07 Å². The second-order valence-corrected chi connectivity index (χ2v) is 8.93. The van der Waals surface area contributed by atoms with Gasteiger partial charge in [-0.2, -0.15) is 0 Å². The van der Waals surface area contributed by atoms with E-state index in [1.807, 2.05) is 60.7 Å². The fourth-order valence-corrected chi connectivity index (χ4v) is 4.69. The zero-order chi connectivity index (χ0) is 24.9. The van der Waals surface area contributed by atoms with Crippen molar-refractivity contribution in [1.82, 2.24) is 0 Å². The Bertz CT molecular complexity index is 1280. The lowest BCUT2D eigenvalue weighted by molar-refractivity contribution is -0.145. The summed E-state index contributed by atoms with van der Waals surface area (Å²) in [6, 6.07) is 22.1. The van der Waals surface area contributed by atoms with Crippen LogP contribution in [0.5, 0.6) is 5.75 Å². The molecule has 0 spiro atoms. The molecule has 0 radical (unpaired) electrons. The molecule has 0 saturated carbocycles. The molecule has 6 nitrogen and oxygen atoms in total. The van der Waals surface area contributed by atoms with Crippen LogP contribution < -0.4 is 0 Å². The maximum absolute atomic E-state index is 12.9. The third-order valence-electron chi connectivity index (χ3n) is 6.36. The van der Waals surface area contributed by atoms with Gasteiger partial charge in [0.2, 0.25) is 0 Å². The van der Waals surface area contributed by atoms with E-state index in [9.17, 15) is 29.7 Å². The minimum absolute atomic E-state index is 0.198. The summed E-state index contributed by atoms with van der Waals surface area (Å²) in [4.78, 5) is 36.5. The highest BCUT2D eigenvalue weighted by Gasteiger charge is 2.35. The van der Waals surface area contributed by atoms with Gasteiger partial charge in [0, 0.05) is 12.3 Å². The first kappa shape index (κ1) is 24.0. The number of hydrogen-bond donors (Lipinski definition) is 3. The molecule has 1 aliphatic rings. The van der Waals surface area contributed by atoms with Crippen molar-refractivity contribution < 1.29 is 29.7 Å². The molecule has 2 unspecified atom stereocenters. The van der Waals surface area contributed by atoms with E-state index in [-0.39, 0.29) is 17.1 Å². The molecule has 3 N–H and O–H groups in total. The van der Waals surface area contributed by atoms with Crippen molar-refractivity contribution in [3.8, 4) is 5.75 Å². The molecule has 3 aromatic rings. The number of Topliss-reactive ketones (excluding diaryl/α,β-unsaturated/α-hetero) is 1. The van der Waals surface area contributed by atoms with E-state index in [0.29, 0.717) is 36.8 Å². The molecular weight excluding hydrogens is 444 g/mol. The Hall–Kier alpha value is -4.19. The number of carbonyl (C=O) groups is 3. The fraction of sp³-hybridized carbons (Fsp3) is 0.207. The summed E-state index contributed by atoms with van der Waals surface area (Å²) in [5.41, 5.74) is 3.58. The van der Waals surface area contributed by atoms with E-state index < -0.39 is 23.8 Å². The summed E-state index contributed by atoms with van der Waals surface area (Å²) in [7, 11) is 0. The normalized spacial score (nSPS) is 17.6. The van der Waals surface area contributed by atoms with Gasteiger partial charge in [0.15, 0.2) is 5.78 Å². The lowest BCUT2D eigenvalue weighted by atomic mass is 9.76. The molecule has 35 heavy (non-hydrogen) atoms. The number of aliphatic carboxylic acids is 1. The summed E-state index contributed by atoms with van der Waals surface area (Å²) in [6.45, 7) is 0. The third-order valence-corrected chi connectivity index (χ3v) is 6.36. The van der Waals surface area contributed by atoms with Crippen LogP contribution in [0.25, 0.3) is 0 Å². The summed E-state index contributed by atoms with van der Waals surface area (Å²) in [5.74, 6) is -4.72. The van der Waals surface area contributed by atoms with E-state index in [2.05, 4.69) is 0 Å². The van der Waals surface area contributed by atoms with Crippen molar-refractivity contribution in [2.24, 2.45) is 11.8 Å². The van der Waals surface area contributed by atoms with E-state index in [1.165, 1.54) is 12.1 Å². The number of phenols is 1. The minimum atomic E-state index is -1.24. The summed E-state index contributed by atoms with van der Waals surface area (Å²) in [5, 5.41) is 29.9. The first-order valence-electron chi connectivity index (χ1n) is 11.4. The quantitative estimate of drug-likeness (QED) is 0.326. The van der Waals surface area contributed by atoms with Crippen LogP contribution in [0.1, 0.15) is 39.0 Å². The number of benzene rings is 3. The number of hydrogen-bond acceptors (Lipinski definition) is 4. The van der Waals surface area contributed by atoms with Crippen molar-refractivity contribution in [2.45, 2.75) is 25.7 Å². The van der Waals surface area contributed by atoms with Gasteiger partial charge in [0.05, 0.1) is 0 Å². The number of rotatable bonds is 8. The number of allylic oxidation sites excluding steroid dienone is 1. The number of carbonyl (C=O) groups excluding carboxylic acids is 1. The molecule has 0 fully saturated rings. The second-order valence-electron chi connectivity index (χ2n) is 8.93. The zero-order valence-electron chi connectivity index (χ0n) is 19.1. The third kappa shape index (κ3) is 5.66. The zero-order valence-corrected chi connectivity index (χ0v) is 19.1. The van der Waals surface area contributed by atoms with Crippen molar-refractivity contribution in [3.05, 3.63) is 112 Å². The number of carboxylic acids is 2. The van der Waals surface area contributed by atoms with Gasteiger partial charge in [0.25, 0.3) is 0 Å². The first-order chi connectivity index (χ1) is 16.8. The molecule has 3 aromatic carbocycles. The Balaban J connectivity index is 1.65. The van der Waals surface area contributed by atoms with Crippen molar-refractivity contribution in [2.75, 3.05) is 0 Å². The molecular formula is C29H26O6. The Kier molecular flexibility index (Phi) is 7.11. The van der Waals surface area contributed by atoms with Crippen LogP contribution >= 0.6 is 0 Å². The van der Waals surface area contributed by atoms with Crippen LogP contribution in [-0.2, 0) is 28.9 Å². The first-order valence-corrected chi connectivity index (χ1v) is 11.4. The highest BCUT2D eigenvalue weighted by Crippen LogP contribution is 2.33. The molecule has 0 saturated heterocycles. The molecule has 0 bridgehead atoms. The highest BCUT2D eigenvalue weighted by molar-refractivity contribution is 6.02. The Labute approximate surface area is 203 Å². The Morgan fingerprint density at radius 1 is 0.829 bits per heavy atom. The summed E-state index contributed by atoms with van der Waals surface area (Å²) >= 11 is 0. The van der Waals surface area contributed by atoms with Crippen LogP contribution in [0.3, 0.4) is 0 Å². The smallest absolute Gasteiger partial charge is 0.339 e. The Morgan fingerprint density at radius 3 is 2.06 bits per heavy atom. The molecule has 0 aliphatic heterocycles. The summed E-state index contributed by atoms with van der Waals surface area (Å²) in [6.07, 6.45) is 2.98. The minimum Gasteiger partial charge on any atom is -0.507 e. The maximum Gasteiger partial charge on any atom is 0.339 e. The van der Waals surface area contributed by atoms with Gasteiger partial charge in [-0.05, 0) is 47.6 Å². The average Bonchev–Trinajstić information content (AvgIpc) is 2.84. The van der Waals surface area contributed by atoms with E-state index >= 15 is 0 Å².